The van der Waals surface area contributed by atoms with Crippen LogP contribution in [-0.4, -0.2) is 40.0 Å². The van der Waals surface area contributed by atoms with Gasteiger partial charge in [-0.05, 0) is 55.3 Å². The Bertz CT molecular complexity index is 761. The van der Waals surface area contributed by atoms with E-state index in [9.17, 15) is 14.7 Å². The number of pyridine rings is 1. The van der Waals surface area contributed by atoms with Gasteiger partial charge in [0.15, 0.2) is 0 Å². The summed E-state index contributed by atoms with van der Waals surface area (Å²) in [6.07, 6.45) is 3.89. The molecule has 1 aliphatic rings. The number of carbonyl (C=O) groups excluding carboxylic acids is 1. The maximum Gasteiger partial charge on any atom is 0.311 e. The molecule has 1 amide bonds. The fourth-order valence-corrected chi connectivity index (χ4v) is 2.83. The van der Waals surface area contributed by atoms with Crippen molar-refractivity contribution in [1.82, 2.24) is 9.88 Å². The zero-order valence-electron chi connectivity index (χ0n) is 14.0. The number of carboxylic acids is 1. The van der Waals surface area contributed by atoms with Crippen molar-refractivity contribution in [3.8, 4) is 5.75 Å². The molecule has 0 bridgehead atoms. The highest BCUT2D eigenvalue weighted by Crippen LogP contribution is 2.31. The molecule has 6 nitrogen and oxygen atoms in total. The lowest BCUT2D eigenvalue weighted by Crippen LogP contribution is -2.34. The molecule has 2 heterocycles. The van der Waals surface area contributed by atoms with E-state index >= 15 is 0 Å². The van der Waals surface area contributed by atoms with Gasteiger partial charge in [-0.1, -0.05) is 0 Å². The van der Waals surface area contributed by atoms with Crippen molar-refractivity contribution in [2.45, 2.75) is 20.0 Å². The van der Waals surface area contributed by atoms with Gasteiger partial charge in [0.05, 0.1) is 5.41 Å². The van der Waals surface area contributed by atoms with Crippen molar-refractivity contribution >= 4 is 11.9 Å². The minimum absolute atomic E-state index is 0.148. The van der Waals surface area contributed by atoms with Gasteiger partial charge < -0.3 is 14.7 Å². The first-order valence-electron chi connectivity index (χ1n) is 8.12. The first kappa shape index (κ1) is 17.0. The summed E-state index contributed by atoms with van der Waals surface area (Å²) in [5.41, 5.74) is 0.689. The van der Waals surface area contributed by atoms with E-state index in [2.05, 4.69) is 4.98 Å². The molecule has 1 aromatic carbocycles. The quantitative estimate of drug-likeness (QED) is 0.905. The molecule has 1 aliphatic heterocycles. The van der Waals surface area contributed by atoms with Crippen molar-refractivity contribution in [2.75, 3.05) is 13.1 Å². The molecule has 1 atom stereocenters. The summed E-state index contributed by atoms with van der Waals surface area (Å²) in [6, 6.07) is 10.7. The first-order chi connectivity index (χ1) is 12.0. The highest BCUT2D eigenvalue weighted by Gasteiger charge is 2.42. The van der Waals surface area contributed by atoms with Crippen molar-refractivity contribution in [3.63, 3.8) is 0 Å². The molecular formula is C19H20N2O4. The second-order valence-corrected chi connectivity index (χ2v) is 6.51. The second-order valence-electron chi connectivity index (χ2n) is 6.51. The SMILES string of the molecule is CC1(C(=O)O)CCN(C(=O)c2ccc(OCc3ccncc3)cc2)C1. The van der Waals surface area contributed by atoms with Crippen molar-refractivity contribution in [1.29, 1.82) is 0 Å². The summed E-state index contributed by atoms with van der Waals surface area (Å²) in [5.74, 6) is -0.335. The monoisotopic (exact) mass is 340 g/mol. The van der Waals surface area contributed by atoms with E-state index in [4.69, 9.17) is 4.74 Å². The van der Waals surface area contributed by atoms with Gasteiger partial charge in [0.1, 0.15) is 12.4 Å². The van der Waals surface area contributed by atoms with Gasteiger partial charge in [-0.25, -0.2) is 0 Å². The van der Waals surface area contributed by atoms with Crippen LogP contribution in [0.15, 0.2) is 48.8 Å². The van der Waals surface area contributed by atoms with Crippen LogP contribution >= 0.6 is 0 Å². The maximum absolute atomic E-state index is 12.5. The topological polar surface area (TPSA) is 79.7 Å². The van der Waals surface area contributed by atoms with Gasteiger partial charge in [-0.2, -0.15) is 0 Å². The number of aromatic nitrogens is 1. The van der Waals surface area contributed by atoms with E-state index in [0.29, 0.717) is 30.9 Å². The molecule has 1 aromatic heterocycles. The van der Waals surface area contributed by atoms with Gasteiger partial charge >= 0.3 is 5.97 Å². The number of hydrogen-bond acceptors (Lipinski definition) is 4. The lowest BCUT2D eigenvalue weighted by molar-refractivity contribution is -0.147. The molecular weight excluding hydrogens is 320 g/mol. The van der Waals surface area contributed by atoms with Crippen LogP contribution in [0.5, 0.6) is 5.75 Å². The number of ether oxygens (including phenoxy) is 1. The maximum atomic E-state index is 12.5. The Labute approximate surface area is 146 Å². The number of rotatable bonds is 5. The number of hydrogen-bond donors (Lipinski definition) is 1. The summed E-state index contributed by atoms with van der Waals surface area (Å²) in [6.45, 7) is 2.81. The summed E-state index contributed by atoms with van der Waals surface area (Å²) < 4.78 is 5.69. The van der Waals surface area contributed by atoms with Gasteiger partial charge in [0, 0.05) is 31.0 Å². The lowest BCUT2D eigenvalue weighted by Gasteiger charge is -2.20. The van der Waals surface area contributed by atoms with Crippen LogP contribution in [0.3, 0.4) is 0 Å². The molecule has 130 valence electrons. The summed E-state index contributed by atoms with van der Waals surface area (Å²) >= 11 is 0. The Hall–Kier alpha value is -2.89. The van der Waals surface area contributed by atoms with Crippen LogP contribution in [0.4, 0.5) is 0 Å². The fourth-order valence-electron chi connectivity index (χ4n) is 2.83. The molecule has 6 heteroatoms. The van der Waals surface area contributed by atoms with Gasteiger partial charge in [0.25, 0.3) is 5.91 Å². The highest BCUT2D eigenvalue weighted by atomic mass is 16.5. The van der Waals surface area contributed by atoms with E-state index in [1.807, 2.05) is 12.1 Å². The normalized spacial score (nSPS) is 19.6. The average Bonchev–Trinajstić information content (AvgIpc) is 3.04. The molecule has 1 saturated heterocycles. The third kappa shape index (κ3) is 3.79. The van der Waals surface area contributed by atoms with E-state index in [1.54, 1.807) is 48.5 Å². The third-order valence-electron chi connectivity index (χ3n) is 4.53. The average molecular weight is 340 g/mol. The number of nitrogens with zero attached hydrogens (tertiary/aromatic N) is 2. The van der Waals surface area contributed by atoms with Crippen molar-refractivity contribution in [2.24, 2.45) is 5.41 Å². The standard InChI is InChI=1S/C19H20N2O4/c1-19(18(23)24)8-11-21(13-19)17(22)15-2-4-16(5-3-15)25-12-14-6-9-20-10-7-14/h2-7,9-10H,8,11-13H2,1H3,(H,23,24). The number of carbonyl (C=O) groups is 2. The molecule has 1 unspecified atom stereocenters. The minimum atomic E-state index is -0.859. The van der Waals surface area contributed by atoms with Gasteiger partial charge in [-0.3, -0.25) is 14.6 Å². The number of aliphatic carboxylic acids is 1. The molecule has 0 saturated carbocycles. The van der Waals surface area contributed by atoms with E-state index < -0.39 is 11.4 Å². The Morgan fingerprint density at radius 3 is 2.48 bits per heavy atom. The summed E-state index contributed by atoms with van der Waals surface area (Å²) in [4.78, 5) is 29.4. The van der Waals surface area contributed by atoms with Crippen molar-refractivity contribution < 1.29 is 19.4 Å². The smallest absolute Gasteiger partial charge is 0.311 e. The Kier molecular flexibility index (Phi) is 4.70. The summed E-state index contributed by atoms with van der Waals surface area (Å²) in [5, 5.41) is 9.27. The van der Waals surface area contributed by atoms with Crippen molar-refractivity contribution in [3.05, 3.63) is 59.9 Å². The number of likely N-dealkylation sites (tertiary alicyclic amines) is 1. The first-order valence-corrected chi connectivity index (χ1v) is 8.12. The third-order valence-corrected chi connectivity index (χ3v) is 4.53. The molecule has 0 spiro atoms. The molecule has 1 fully saturated rings. The molecule has 1 N–H and O–H groups in total. The van der Waals surface area contributed by atoms with Crippen LogP contribution in [0.2, 0.25) is 0 Å². The van der Waals surface area contributed by atoms with E-state index in [0.717, 1.165) is 5.56 Å². The summed E-state index contributed by atoms with van der Waals surface area (Å²) in [7, 11) is 0. The van der Waals surface area contributed by atoms with Crippen LogP contribution in [0, 0.1) is 5.41 Å². The molecule has 0 radical (unpaired) electrons. The van der Waals surface area contributed by atoms with Crippen LogP contribution in [-0.2, 0) is 11.4 Å². The zero-order chi connectivity index (χ0) is 17.9. The molecule has 2 aromatic rings. The number of amides is 1. The molecule has 25 heavy (non-hydrogen) atoms. The Morgan fingerprint density at radius 1 is 1.20 bits per heavy atom. The highest BCUT2D eigenvalue weighted by molar-refractivity contribution is 5.95. The van der Waals surface area contributed by atoms with Crippen LogP contribution in [0.1, 0.15) is 29.3 Å². The predicted octanol–water partition coefficient (Wildman–Crippen LogP) is 2.60. The van der Waals surface area contributed by atoms with E-state index in [-0.39, 0.29) is 12.5 Å². The molecule has 0 aliphatic carbocycles. The molecule has 3 rings (SSSR count). The number of benzene rings is 1. The Morgan fingerprint density at radius 2 is 1.88 bits per heavy atom. The van der Waals surface area contributed by atoms with Gasteiger partial charge in [-0.15, -0.1) is 0 Å². The fraction of sp³-hybridized carbons (Fsp3) is 0.316. The Balaban J connectivity index is 1.60. The van der Waals surface area contributed by atoms with Crippen LogP contribution < -0.4 is 4.74 Å². The second kappa shape index (κ2) is 6.93. The minimum Gasteiger partial charge on any atom is -0.489 e. The van der Waals surface area contributed by atoms with E-state index in [1.165, 1.54) is 0 Å². The predicted molar refractivity (Wildman–Crippen MR) is 91.3 cm³/mol. The lowest BCUT2D eigenvalue weighted by atomic mass is 9.90. The number of carboxylic acid groups (broad SMARTS) is 1. The zero-order valence-corrected chi connectivity index (χ0v) is 14.0. The van der Waals surface area contributed by atoms with Crippen LogP contribution in [0.25, 0.3) is 0 Å². The largest absolute Gasteiger partial charge is 0.489 e. The van der Waals surface area contributed by atoms with Gasteiger partial charge in [0.2, 0.25) is 0 Å².